The lowest BCUT2D eigenvalue weighted by atomic mass is 9.94. The van der Waals surface area contributed by atoms with Gasteiger partial charge in [0.2, 0.25) is 0 Å². The van der Waals surface area contributed by atoms with E-state index in [0.29, 0.717) is 11.4 Å². The van der Waals surface area contributed by atoms with Crippen LogP contribution in [0.5, 0.6) is 0 Å². The lowest BCUT2D eigenvalue weighted by Gasteiger charge is -2.15. The number of nitrogens with two attached hydrogens (primary N) is 1. The van der Waals surface area contributed by atoms with Gasteiger partial charge in [0.15, 0.2) is 0 Å². The first kappa shape index (κ1) is 67.7. The quantitative estimate of drug-likeness (QED) is 0.0752. The second-order valence-electron chi connectivity index (χ2n) is 16.5. The lowest BCUT2D eigenvalue weighted by molar-refractivity contribution is 0.504. The molecule has 0 atom stereocenters. The van der Waals surface area contributed by atoms with Crippen LogP contribution in [0.2, 0.25) is 0 Å². The first-order valence-corrected chi connectivity index (χ1v) is 27.5. The molecule has 78 heavy (non-hydrogen) atoms. The van der Waals surface area contributed by atoms with Crippen molar-refractivity contribution in [2.75, 3.05) is 0 Å². The predicted octanol–water partition coefficient (Wildman–Crippen LogP) is 21.1. The molecule has 1 fully saturated rings. The van der Waals surface area contributed by atoms with Crippen molar-refractivity contribution in [3.05, 3.63) is 272 Å². The topological polar surface area (TPSA) is 76.5 Å². The summed E-state index contributed by atoms with van der Waals surface area (Å²) < 4.78 is 0. The number of aryl methyl sites for hydroxylation is 2. The average Bonchev–Trinajstić information content (AvgIpc) is 3.53. The van der Waals surface area contributed by atoms with Gasteiger partial charge in [0, 0.05) is 51.6 Å². The third-order valence-corrected chi connectivity index (χ3v) is 11.9. The van der Waals surface area contributed by atoms with Crippen LogP contribution in [-0.2, 0) is 6.42 Å². The Labute approximate surface area is 472 Å². The molecule has 2 N–H and O–H groups in total. The molecule has 0 amide bonds. The van der Waals surface area contributed by atoms with Gasteiger partial charge >= 0.3 is 0 Å². The molecule has 0 radical (unpaired) electrons. The number of rotatable bonds is 12. The van der Waals surface area contributed by atoms with Gasteiger partial charge in [0.25, 0.3) is 0 Å². The molecular weight excluding hydrogens is 947 g/mol. The summed E-state index contributed by atoms with van der Waals surface area (Å²) in [5, 5.41) is 2.32. The molecule has 2 heterocycles. The van der Waals surface area contributed by atoms with Crippen LogP contribution in [0.15, 0.2) is 243 Å². The number of nitrogens with zero attached hydrogens (tertiary/aromatic N) is 4. The minimum absolute atomic E-state index is 0. The van der Waals surface area contributed by atoms with Crippen molar-refractivity contribution >= 4 is 39.3 Å². The summed E-state index contributed by atoms with van der Waals surface area (Å²) in [6.45, 7) is 40.7. The van der Waals surface area contributed by atoms with Crippen molar-refractivity contribution in [2.45, 2.75) is 116 Å². The number of benzene rings is 6. The maximum absolute atomic E-state index is 6.75. The van der Waals surface area contributed by atoms with E-state index in [4.69, 9.17) is 15.7 Å². The second kappa shape index (κ2) is 39.2. The Morgan fingerprint density at radius 1 is 0.526 bits per heavy atom. The van der Waals surface area contributed by atoms with Crippen LogP contribution in [0.1, 0.15) is 141 Å². The molecule has 8 aromatic rings. The molecule has 0 bridgehead atoms. The molecule has 6 aromatic carbocycles. The molecule has 1 saturated carbocycles. The normalized spacial score (nSPS) is 11.2. The van der Waals surface area contributed by atoms with E-state index in [9.17, 15) is 0 Å². The molecule has 0 saturated heterocycles. The lowest BCUT2D eigenvalue weighted by Crippen LogP contribution is -2.12. The van der Waals surface area contributed by atoms with Crippen LogP contribution in [0.4, 0.5) is 0 Å². The predicted molar refractivity (Wildman–Crippen MR) is 350 cm³/mol. The molecular formula is C73H91N5. The smallest absolute Gasteiger partial charge is 0.0802 e. The van der Waals surface area contributed by atoms with Crippen molar-refractivity contribution in [3.63, 3.8) is 0 Å². The van der Waals surface area contributed by atoms with Gasteiger partial charge in [-0.25, -0.2) is 4.99 Å². The van der Waals surface area contributed by atoms with Crippen LogP contribution in [0, 0.1) is 6.92 Å². The van der Waals surface area contributed by atoms with E-state index in [1.807, 2.05) is 141 Å². The SMILES string of the molecule is C.C1CCC1.C=C.C=C(N=C(C)c1ccc(-c2ccccn2)cc1)c1ccc(-c2ccccn2)cc1.C=C/C(C(=NC(=C)c1ccc(CC)cc1)c1ccc2ccccc2c1)=C(/N)c1ccccc1C.CC.CC.CC.CC. The van der Waals surface area contributed by atoms with Crippen LogP contribution >= 0.6 is 0 Å². The van der Waals surface area contributed by atoms with Crippen LogP contribution in [0.3, 0.4) is 0 Å². The van der Waals surface area contributed by atoms with Crippen LogP contribution in [-0.4, -0.2) is 21.4 Å². The molecule has 0 spiro atoms. The minimum Gasteiger partial charge on any atom is -0.398 e. The zero-order valence-corrected chi connectivity index (χ0v) is 48.4. The molecule has 9 rings (SSSR count). The number of hydrogen-bond acceptors (Lipinski definition) is 5. The monoisotopic (exact) mass is 1040 g/mol. The summed E-state index contributed by atoms with van der Waals surface area (Å²) in [4.78, 5) is 18.5. The standard InChI is InChI=1S/C32H30N2.C26H21N3.C4H8.4C2H6.C2H4.CH4/c1-5-24-15-17-25(18-16-24)23(4)34-32(28-20-19-26-12-8-9-13-27(26)21-28)29(6-2)31(33)30-14-10-7-11-22(30)3;1-19(21-9-13-23(14-10-21)25-7-3-5-17-27-25)29-20(2)22-11-15-24(16-12-22)26-8-4-6-18-28-26;1-2-4-3-1;5*1-2;/h6-21H,2,4-5,33H2,1,3H3;3-18H,1H2,2H3;1-4H2;4*1-2H3;1-2H2;1H4/b31-29-,34-32?;;;;;;;;. The molecule has 2 aromatic heterocycles. The van der Waals surface area contributed by atoms with Gasteiger partial charge < -0.3 is 5.73 Å². The Kier molecular flexibility index (Phi) is 34.0. The third kappa shape index (κ3) is 20.7. The molecule has 0 aliphatic heterocycles. The van der Waals surface area contributed by atoms with E-state index in [1.165, 1.54) is 36.6 Å². The van der Waals surface area contributed by atoms with Gasteiger partial charge in [-0.2, -0.15) is 0 Å². The highest BCUT2D eigenvalue weighted by Gasteiger charge is 2.16. The highest BCUT2D eigenvalue weighted by molar-refractivity contribution is 6.20. The van der Waals surface area contributed by atoms with Gasteiger partial charge in [-0.05, 0) is 89.2 Å². The Morgan fingerprint density at radius 3 is 1.40 bits per heavy atom. The van der Waals surface area contributed by atoms with E-state index in [0.717, 1.165) is 90.4 Å². The average molecular weight is 1040 g/mol. The Balaban J connectivity index is 0.000000629. The van der Waals surface area contributed by atoms with E-state index in [1.54, 1.807) is 18.5 Å². The zero-order valence-electron chi connectivity index (χ0n) is 48.4. The molecule has 5 nitrogen and oxygen atoms in total. The van der Waals surface area contributed by atoms with Crippen LogP contribution < -0.4 is 5.73 Å². The second-order valence-corrected chi connectivity index (χ2v) is 16.5. The number of fused-ring (bicyclic) bond motifs is 1. The minimum atomic E-state index is 0. The molecule has 1 aliphatic rings. The number of pyridine rings is 2. The Morgan fingerprint density at radius 2 is 0.949 bits per heavy atom. The summed E-state index contributed by atoms with van der Waals surface area (Å²) in [5.74, 6) is 0. The van der Waals surface area contributed by atoms with Gasteiger partial charge in [-0.15, -0.1) is 13.2 Å². The van der Waals surface area contributed by atoms with Crippen LogP contribution in [0.25, 0.3) is 50.4 Å². The number of allylic oxidation sites excluding steroid dienone is 2. The van der Waals surface area contributed by atoms with Crippen molar-refractivity contribution in [3.8, 4) is 22.5 Å². The summed E-state index contributed by atoms with van der Waals surface area (Å²) in [6.07, 6.45) is 12.4. The first-order chi connectivity index (χ1) is 37.7. The number of aromatic nitrogens is 2. The largest absolute Gasteiger partial charge is 0.398 e. The van der Waals surface area contributed by atoms with Crippen molar-refractivity contribution < 1.29 is 0 Å². The van der Waals surface area contributed by atoms with Gasteiger partial charge in [0.1, 0.15) is 0 Å². The van der Waals surface area contributed by atoms with Crippen molar-refractivity contribution in [2.24, 2.45) is 15.7 Å². The van der Waals surface area contributed by atoms with E-state index in [-0.39, 0.29) is 7.43 Å². The summed E-state index contributed by atoms with van der Waals surface area (Å²) >= 11 is 0. The fourth-order valence-electron chi connectivity index (χ4n) is 7.47. The maximum atomic E-state index is 6.75. The van der Waals surface area contributed by atoms with E-state index < -0.39 is 0 Å². The van der Waals surface area contributed by atoms with Gasteiger partial charge in [-0.3, -0.25) is 15.0 Å². The number of hydrogen-bond donors (Lipinski definition) is 1. The summed E-state index contributed by atoms with van der Waals surface area (Å²) in [7, 11) is 0. The Hall–Kier alpha value is -8.28. The van der Waals surface area contributed by atoms with Gasteiger partial charge in [-0.1, -0.05) is 267 Å². The molecule has 408 valence electrons. The highest BCUT2D eigenvalue weighted by Crippen LogP contribution is 2.28. The molecule has 5 heteroatoms. The van der Waals surface area contributed by atoms with Crippen molar-refractivity contribution in [1.82, 2.24) is 9.97 Å². The molecule has 1 aliphatic carbocycles. The maximum Gasteiger partial charge on any atom is 0.0802 e. The molecule has 0 unspecified atom stereocenters. The third-order valence-electron chi connectivity index (χ3n) is 11.9. The van der Waals surface area contributed by atoms with E-state index in [2.05, 4.69) is 154 Å². The Bertz CT molecular complexity index is 3040. The summed E-state index contributed by atoms with van der Waals surface area (Å²) in [5.41, 5.74) is 22.7. The number of aliphatic imine (C=N–C) groups is 2. The first-order valence-electron chi connectivity index (χ1n) is 27.5. The fraction of sp³-hybridized carbons (Fsp3) is 0.233. The highest BCUT2D eigenvalue weighted by atomic mass is 14.8. The van der Waals surface area contributed by atoms with Crippen molar-refractivity contribution in [1.29, 1.82) is 0 Å². The van der Waals surface area contributed by atoms with E-state index >= 15 is 0 Å². The van der Waals surface area contributed by atoms with Gasteiger partial charge in [0.05, 0.1) is 28.5 Å². The summed E-state index contributed by atoms with van der Waals surface area (Å²) in [6, 6.07) is 59.4. The fourth-order valence-corrected chi connectivity index (χ4v) is 7.47. The zero-order chi connectivity index (χ0) is 57.0.